The molecule has 0 atom stereocenters. The van der Waals surface area contributed by atoms with Crippen LogP contribution in [0.25, 0.3) is 0 Å². The number of carbonyl (C=O) groups excluding carboxylic acids is 2. The highest BCUT2D eigenvalue weighted by Crippen LogP contribution is 2.25. The van der Waals surface area contributed by atoms with E-state index in [0.717, 1.165) is 12.0 Å². The molecule has 0 aliphatic heterocycles. The molecule has 0 bridgehead atoms. The van der Waals surface area contributed by atoms with Gasteiger partial charge in [0.15, 0.2) is 0 Å². The lowest BCUT2D eigenvalue weighted by atomic mass is 9.90. The zero-order valence-electron chi connectivity index (χ0n) is 14.9. The minimum Gasteiger partial charge on any atom is -0.325 e. The summed E-state index contributed by atoms with van der Waals surface area (Å²) in [4.78, 5) is 25.2. The lowest BCUT2D eigenvalue weighted by molar-refractivity contribution is -0.135. The molecule has 2 aromatic carbocycles. The van der Waals surface area contributed by atoms with Crippen molar-refractivity contribution in [3.8, 4) is 0 Å². The van der Waals surface area contributed by atoms with Crippen molar-refractivity contribution in [1.29, 1.82) is 0 Å². The number of hydrogen-bond acceptors (Lipinski definition) is 2. The van der Waals surface area contributed by atoms with E-state index in [-0.39, 0.29) is 11.8 Å². The zero-order valence-corrected chi connectivity index (χ0v) is 15.7. The largest absolute Gasteiger partial charge is 0.325 e. The van der Waals surface area contributed by atoms with Crippen LogP contribution in [0.3, 0.4) is 0 Å². The minimum atomic E-state index is -1.23. The molecule has 5 heteroatoms. The number of nitrogens with one attached hydrogen (secondary N) is 2. The number of halogens is 1. The average Bonchev–Trinajstić information content (AvgIpc) is 2.57. The fraction of sp³-hybridized carbons (Fsp3) is 0.300. The van der Waals surface area contributed by atoms with E-state index < -0.39 is 5.41 Å². The molecule has 25 heavy (non-hydrogen) atoms. The van der Waals surface area contributed by atoms with Crippen molar-refractivity contribution >= 4 is 34.8 Å². The lowest BCUT2D eigenvalue weighted by Gasteiger charge is -2.23. The van der Waals surface area contributed by atoms with Gasteiger partial charge in [-0.25, -0.2) is 0 Å². The molecule has 0 spiro atoms. The van der Waals surface area contributed by atoms with Gasteiger partial charge in [-0.15, -0.1) is 0 Å². The summed E-state index contributed by atoms with van der Waals surface area (Å²) in [5.74, 6) is -0.735. The number of amides is 2. The van der Waals surface area contributed by atoms with Crippen LogP contribution in [-0.2, 0) is 16.0 Å². The number of aryl methyl sites for hydroxylation is 2. The molecule has 0 saturated heterocycles. The van der Waals surface area contributed by atoms with E-state index in [0.29, 0.717) is 16.4 Å². The number of anilines is 2. The second-order valence-electron chi connectivity index (χ2n) is 6.54. The van der Waals surface area contributed by atoms with Crippen molar-refractivity contribution in [3.63, 3.8) is 0 Å². The fourth-order valence-corrected chi connectivity index (χ4v) is 2.49. The average molecular weight is 359 g/mol. The van der Waals surface area contributed by atoms with Crippen molar-refractivity contribution < 1.29 is 9.59 Å². The van der Waals surface area contributed by atoms with Crippen LogP contribution in [0.5, 0.6) is 0 Å². The Bertz CT molecular complexity index is 783. The molecule has 2 rings (SSSR count). The predicted octanol–water partition coefficient (Wildman–Crippen LogP) is 4.81. The van der Waals surface area contributed by atoms with Crippen molar-refractivity contribution in [1.82, 2.24) is 0 Å². The van der Waals surface area contributed by atoms with Crippen molar-refractivity contribution in [2.45, 2.75) is 34.1 Å². The third-order valence-corrected chi connectivity index (χ3v) is 4.43. The topological polar surface area (TPSA) is 58.2 Å². The van der Waals surface area contributed by atoms with E-state index in [2.05, 4.69) is 17.6 Å². The first-order chi connectivity index (χ1) is 11.7. The van der Waals surface area contributed by atoms with Crippen molar-refractivity contribution in [2.75, 3.05) is 10.6 Å². The predicted molar refractivity (Wildman–Crippen MR) is 103 cm³/mol. The van der Waals surface area contributed by atoms with Gasteiger partial charge in [-0.1, -0.05) is 30.7 Å². The maximum atomic E-state index is 12.6. The molecule has 132 valence electrons. The second kappa shape index (κ2) is 7.70. The van der Waals surface area contributed by atoms with E-state index in [1.54, 1.807) is 32.0 Å². The van der Waals surface area contributed by atoms with Crippen LogP contribution in [0, 0.1) is 12.3 Å². The van der Waals surface area contributed by atoms with Gasteiger partial charge in [0.25, 0.3) is 0 Å². The van der Waals surface area contributed by atoms with Crippen LogP contribution in [0.2, 0.25) is 5.02 Å². The van der Waals surface area contributed by atoms with Gasteiger partial charge in [0.2, 0.25) is 11.8 Å². The van der Waals surface area contributed by atoms with Gasteiger partial charge >= 0.3 is 0 Å². The van der Waals surface area contributed by atoms with Crippen LogP contribution >= 0.6 is 11.6 Å². The third-order valence-electron chi connectivity index (χ3n) is 4.19. The van der Waals surface area contributed by atoms with E-state index in [9.17, 15) is 9.59 Å². The number of rotatable bonds is 5. The number of hydrogen-bond donors (Lipinski definition) is 2. The molecule has 0 heterocycles. The SMILES string of the molecule is CCc1ccc(NC(=O)C(C)(C)C(=O)Nc2ccc(Cl)cc2C)cc1. The summed E-state index contributed by atoms with van der Waals surface area (Å²) in [5, 5.41) is 6.21. The Morgan fingerprint density at radius 1 is 1.00 bits per heavy atom. The molecule has 2 N–H and O–H groups in total. The highest BCUT2D eigenvalue weighted by atomic mass is 35.5. The molecule has 2 aromatic rings. The number of benzene rings is 2. The molecule has 2 amide bonds. The lowest BCUT2D eigenvalue weighted by Crippen LogP contribution is -2.41. The summed E-state index contributed by atoms with van der Waals surface area (Å²) >= 11 is 5.93. The van der Waals surface area contributed by atoms with Crippen LogP contribution in [0.1, 0.15) is 31.9 Å². The second-order valence-corrected chi connectivity index (χ2v) is 6.98. The Kier molecular flexibility index (Phi) is 5.85. The van der Waals surface area contributed by atoms with Gasteiger partial charge in [0, 0.05) is 16.4 Å². The van der Waals surface area contributed by atoms with E-state index in [1.165, 1.54) is 5.56 Å². The summed E-state index contributed by atoms with van der Waals surface area (Å²) in [6.07, 6.45) is 0.933. The zero-order chi connectivity index (χ0) is 18.6. The maximum Gasteiger partial charge on any atom is 0.239 e. The molecule has 0 saturated carbocycles. The van der Waals surface area contributed by atoms with Gasteiger partial charge < -0.3 is 10.6 Å². The first-order valence-electron chi connectivity index (χ1n) is 8.22. The van der Waals surface area contributed by atoms with Crippen LogP contribution in [0.4, 0.5) is 11.4 Å². The fourth-order valence-electron chi connectivity index (χ4n) is 2.26. The van der Waals surface area contributed by atoms with Gasteiger partial charge in [0.05, 0.1) is 0 Å². The van der Waals surface area contributed by atoms with Gasteiger partial charge in [-0.2, -0.15) is 0 Å². The van der Waals surface area contributed by atoms with Crippen LogP contribution in [-0.4, -0.2) is 11.8 Å². The first-order valence-corrected chi connectivity index (χ1v) is 8.60. The summed E-state index contributed by atoms with van der Waals surface area (Å²) in [7, 11) is 0. The van der Waals surface area contributed by atoms with Gasteiger partial charge in [-0.05, 0) is 68.7 Å². The summed E-state index contributed by atoms with van der Waals surface area (Å²) in [6.45, 7) is 7.12. The minimum absolute atomic E-state index is 0.360. The van der Waals surface area contributed by atoms with Crippen molar-refractivity contribution in [2.24, 2.45) is 5.41 Å². The molecular weight excluding hydrogens is 336 g/mol. The summed E-state index contributed by atoms with van der Waals surface area (Å²) < 4.78 is 0. The first kappa shape index (κ1) is 19.0. The van der Waals surface area contributed by atoms with Crippen LogP contribution < -0.4 is 10.6 Å². The smallest absolute Gasteiger partial charge is 0.239 e. The quantitative estimate of drug-likeness (QED) is 0.753. The highest BCUT2D eigenvalue weighted by molar-refractivity contribution is 6.30. The summed E-state index contributed by atoms with van der Waals surface area (Å²) in [6, 6.07) is 12.8. The van der Waals surface area contributed by atoms with Gasteiger partial charge in [0.1, 0.15) is 5.41 Å². The molecule has 0 aromatic heterocycles. The Hall–Kier alpha value is -2.33. The molecule has 0 unspecified atom stereocenters. The van der Waals surface area contributed by atoms with E-state index >= 15 is 0 Å². The molecule has 0 aliphatic rings. The molecule has 0 fully saturated rings. The van der Waals surface area contributed by atoms with E-state index in [4.69, 9.17) is 11.6 Å². The number of carbonyl (C=O) groups is 2. The third kappa shape index (κ3) is 4.60. The Labute approximate surface area is 153 Å². The molecule has 0 aliphatic carbocycles. The normalized spacial score (nSPS) is 11.1. The van der Waals surface area contributed by atoms with E-state index in [1.807, 2.05) is 31.2 Å². The Morgan fingerprint density at radius 3 is 2.16 bits per heavy atom. The van der Waals surface area contributed by atoms with Gasteiger partial charge in [-0.3, -0.25) is 9.59 Å². The highest BCUT2D eigenvalue weighted by Gasteiger charge is 2.36. The molecular formula is C20H23ClN2O2. The Balaban J connectivity index is 2.09. The molecule has 4 nitrogen and oxygen atoms in total. The maximum absolute atomic E-state index is 12.6. The van der Waals surface area contributed by atoms with Crippen LogP contribution in [0.15, 0.2) is 42.5 Å². The Morgan fingerprint density at radius 2 is 1.60 bits per heavy atom. The molecule has 0 radical (unpaired) electrons. The standard InChI is InChI=1S/C20H23ClN2O2/c1-5-14-6-9-16(10-7-14)22-18(24)20(3,4)19(25)23-17-11-8-15(21)12-13(17)2/h6-12H,5H2,1-4H3,(H,22,24)(H,23,25). The van der Waals surface area contributed by atoms with Crippen molar-refractivity contribution in [3.05, 3.63) is 58.6 Å². The monoisotopic (exact) mass is 358 g/mol. The summed E-state index contributed by atoms with van der Waals surface area (Å²) in [5.41, 5.74) is 2.11.